The lowest BCUT2D eigenvalue weighted by atomic mass is 9.71. The van der Waals surface area contributed by atoms with Crippen molar-refractivity contribution in [2.45, 2.75) is 45.1 Å². The second kappa shape index (κ2) is 4.12. The summed E-state index contributed by atoms with van der Waals surface area (Å²) in [5.74, 6) is 1.63. The van der Waals surface area contributed by atoms with Gasteiger partial charge in [0.2, 0.25) is 5.91 Å². The quantitative estimate of drug-likeness (QED) is 0.685. The van der Waals surface area contributed by atoms with Crippen LogP contribution in [0.5, 0.6) is 0 Å². The standard InChI is InChI=1S/C12H22N2O/c1-9(2)10-4-3-5-12(8-10)11(15)13-6-7-14-12/h9-10,14H,3-8H2,1-2H3,(H,13,15). The Morgan fingerprint density at radius 3 is 2.87 bits per heavy atom. The highest BCUT2D eigenvalue weighted by Gasteiger charge is 2.44. The molecule has 15 heavy (non-hydrogen) atoms. The zero-order valence-electron chi connectivity index (χ0n) is 9.81. The molecule has 86 valence electrons. The molecular formula is C12H22N2O. The first-order valence-electron chi connectivity index (χ1n) is 6.17. The molecule has 2 rings (SSSR count). The number of carbonyl (C=O) groups excluding carboxylic acids is 1. The Morgan fingerprint density at radius 1 is 1.40 bits per heavy atom. The van der Waals surface area contributed by atoms with E-state index >= 15 is 0 Å². The van der Waals surface area contributed by atoms with Gasteiger partial charge in [-0.25, -0.2) is 0 Å². The van der Waals surface area contributed by atoms with Crippen molar-refractivity contribution in [2.75, 3.05) is 13.1 Å². The normalized spacial score (nSPS) is 37.0. The molecule has 1 saturated heterocycles. The van der Waals surface area contributed by atoms with Crippen LogP contribution in [0.2, 0.25) is 0 Å². The van der Waals surface area contributed by atoms with Gasteiger partial charge in [-0.05, 0) is 24.7 Å². The minimum Gasteiger partial charge on any atom is -0.353 e. The summed E-state index contributed by atoms with van der Waals surface area (Å²) in [6.07, 6.45) is 4.51. The Morgan fingerprint density at radius 2 is 2.20 bits per heavy atom. The van der Waals surface area contributed by atoms with Crippen molar-refractivity contribution in [3.63, 3.8) is 0 Å². The lowest BCUT2D eigenvalue weighted by Crippen LogP contribution is -2.64. The van der Waals surface area contributed by atoms with Gasteiger partial charge in [0.1, 0.15) is 0 Å². The van der Waals surface area contributed by atoms with E-state index in [4.69, 9.17) is 0 Å². The Kier molecular flexibility index (Phi) is 3.01. The van der Waals surface area contributed by atoms with Crippen LogP contribution in [0.15, 0.2) is 0 Å². The first-order valence-corrected chi connectivity index (χ1v) is 6.17. The molecule has 3 heteroatoms. The van der Waals surface area contributed by atoms with Crippen molar-refractivity contribution >= 4 is 5.91 Å². The largest absolute Gasteiger partial charge is 0.353 e. The molecule has 1 aliphatic heterocycles. The van der Waals surface area contributed by atoms with E-state index < -0.39 is 0 Å². The van der Waals surface area contributed by atoms with Gasteiger partial charge in [0.25, 0.3) is 0 Å². The molecule has 0 aromatic rings. The molecule has 2 fully saturated rings. The predicted molar refractivity (Wildman–Crippen MR) is 60.5 cm³/mol. The number of carbonyl (C=O) groups is 1. The molecule has 3 nitrogen and oxygen atoms in total. The Labute approximate surface area is 92.0 Å². The molecule has 0 aromatic carbocycles. The third-order valence-corrected chi connectivity index (χ3v) is 4.04. The fourth-order valence-corrected chi connectivity index (χ4v) is 2.98. The predicted octanol–water partition coefficient (Wildman–Crippen LogP) is 1.29. The first kappa shape index (κ1) is 10.9. The van der Waals surface area contributed by atoms with E-state index in [-0.39, 0.29) is 11.4 Å². The lowest BCUT2D eigenvalue weighted by molar-refractivity contribution is -0.131. The molecule has 2 unspecified atom stereocenters. The molecule has 2 aliphatic rings. The topological polar surface area (TPSA) is 41.1 Å². The zero-order chi connectivity index (χ0) is 10.9. The highest BCUT2D eigenvalue weighted by atomic mass is 16.2. The number of piperazine rings is 1. The van der Waals surface area contributed by atoms with E-state index in [1.165, 1.54) is 12.8 Å². The first-order chi connectivity index (χ1) is 7.14. The van der Waals surface area contributed by atoms with Crippen molar-refractivity contribution in [2.24, 2.45) is 11.8 Å². The van der Waals surface area contributed by atoms with Crippen LogP contribution < -0.4 is 10.6 Å². The molecule has 0 radical (unpaired) electrons. The molecular weight excluding hydrogens is 188 g/mol. The van der Waals surface area contributed by atoms with Crippen molar-refractivity contribution in [1.82, 2.24) is 10.6 Å². The van der Waals surface area contributed by atoms with Crippen LogP contribution in [0.4, 0.5) is 0 Å². The van der Waals surface area contributed by atoms with E-state index in [2.05, 4.69) is 24.5 Å². The van der Waals surface area contributed by atoms with Crippen LogP contribution in [0, 0.1) is 11.8 Å². The van der Waals surface area contributed by atoms with Crippen LogP contribution in [0.1, 0.15) is 39.5 Å². The summed E-state index contributed by atoms with van der Waals surface area (Å²) in [7, 11) is 0. The summed E-state index contributed by atoms with van der Waals surface area (Å²) in [6, 6.07) is 0. The van der Waals surface area contributed by atoms with E-state index in [9.17, 15) is 4.79 Å². The van der Waals surface area contributed by atoms with Crippen LogP contribution in [-0.2, 0) is 4.79 Å². The average molecular weight is 210 g/mol. The molecule has 2 N–H and O–H groups in total. The highest BCUT2D eigenvalue weighted by Crippen LogP contribution is 2.37. The molecule has 1 saturated carbocycles. The lowest BCUT2D eigenvalue weighted by Gasteiger charge is -2.44. The number of nitrogens with one attached hydrogen (secondary N) is 2. The SMILES string of the molecule is CC(C)C1CCCC2(C1)NCCNC2=O. The number of amides is 1. The zero-order valence-corrected chi connectivity index (χ0v) is 9.81. The molecule has 0 bridgehead atoms. The maximum atomic E-state index is 12.0. The third-order valence-electron chi connectivity index (χ3n) is 4.04. The van der Waals surface area contributed by atoms with Crippen LogP contribution in [-0.4, -0.2) is 24.5 Å². The monoisotopic (exact) mass is 210 g/mol. The molecule has 0 aromatic heterocycles. The van der Waals surface area contributed by atoms with Gasteiger partial charge in [0.05, 0.1) is 5.54 Å². The minimum atomic E-state index is -0.231. The summed E-state index contributed by atoms with van der Waals surface area (Å²) < 4.78 is 0. The fourth-order valence-electron chi connectivity index (χ4n) is 2.98. The van der Waals surface area contributed by atoms with Crippen molar-refractivity contribution in [1.29, 1.82) is 0 Å². The summed E-state index contributed by atoms with van der Waals surface area (Å²) in [6.45, 7) is 6.25. The van der Waals surface area contributed by atoms with Gasteiger partial charge < -0.3 is 10.6 Å². The van der Waals surface area contributed by atoms with E-state index in [0.29, 0.717) is 11.8 Å². The van der Waals surface area contributed by atoms with Gasteiger partial charge in [0, 0.05) is 13.1 Å². The number of rotatable bonds is 1. The van der Waals surface area contributed by atoms with E-state index in [1.54, 1.807) is 0 Å². The van der Waals surface area contributed by atoms with Gasteiger partial charge in [-0.15, -0.1) is 0 Å². The summed E-state index contributed by atoms with van der Waals surface area (Å²) in [5.41, 5.74) is -0.231. The second-order valence-corrected chi connectivity index (χ2v) is 5.37. The van der Waals surface area contributed by atoms with Crippen LogP contribution >= 0.6 is 0 Å². The minimum absolute atomic E-state index is 0.231. The van der Waals surface area contributed by atoms with Crippen LogP contribution in [0.25, 0.3) is 0 Å². The third kappa shape index (κ3) is 2.03. The molecule has 1 spiro atoms. The van der Waals surface area contributed by atoms with Gasteiger partial charge in [-0.2, -0.15) is 0 Å². The smallest absolute Gasteiger partial charge is 0.240 e. The van der Waals surface area contributed by atoms with Crippen molar-refractivity contribution in [3.8, 4) is 0 Å². The van der Waals surface area contributed by atoms with E-state index in [1.807, 2.05) is 0 Å². The van der Waals surface area contributed by atoms with E-state index in [0.717, 1.165) is 25.9 Å². The highest BCUT2D eigenvalue weighted by molar-refractivity contribution is 5.87. The van der Waals surface area contributed by atoms with Crippen molar-refractivity contribution < 1.29 is 4.79 Å². The maximum absolute atomic E-state index is 12.0. The Balaban J connectivity index is 2.09. The fraction of sp³-hybridized carbons (Fsp3) is 0.917. The second-order valence-electron chi connectivity index (χ2n) is 5.37. The van der Waals surface area contributed by atoms with Crippen LogP contribution in [0.3, 0.4) is 0 Å². The summed E-state index contributed by atoms with van der Waals surface area (Å²) in [4.78, 5) is 12.0. The average Bonchev–Trinajstić information content (AvgIpc) is 2.23. The molecule has 1 heterocycles. The number of hydrogen-bond donors (Lipinski definition) is 2. The molecule has 1 amide bonds. The van der Waals surface area contributed by atoms with Gasteiger partial charge in [-0.3, -0.25) is 4.79 Å². The van der Waals surface area contributed by atoms with Gasteiger partial charge in [-0.1, -0.05) is 26.7 Å². The number of hydrogen-bond acceptors (Lipinski definition) is 2. The molecule has 1 aliphatic carbocycles. The summed E-state index contributed by atoms with van der Waals surface area (Å²) >= 11 is 0. The van der Waals surface area contributed by atoms with Gasteiger partial charge in [0.15, 0.2) is 0 Å². The summed E-state index contributed by atoms with van der Waals surface area (Å²) in [5, 5.41) is 6.46. The van der Waals surface area contributed by atoms with Gasteiger partial charge >= 0.3 is 0 Å². The Bertz CT molecular complexity index is 248. The Hall–Kier alpha value is -0.570. The maximum Gasteiger partial charge on any atom is 0.240 e. The van der Waals surface area contributed by atoms with Crippen molar-refractivity contribution in [3.05, 3.63) is 0 Å². The molecule has 2 atom stereocenters.